The molecule has 2 atom stereocenters. The van der Waals surface area contributed by atoms with Crippen LogP contribution in [0.1, 0.15) is 36.5 Å². The van der Waals surface area contributed by atoms with Crippen molar-refractivity contribution in [3.63, 3.8) is 0 Å². The number of hydrogen-bond acceptors (Lipinski definition) is 3. The maximum Gasteiger partial charge on any atom is 0.306 e. The summed E-state index contributed by atoms with van der Waals surface area (Å²) in [7, 11) is 0. The van der Waals surface area contributed by atoms with Crippen molar-refractivity contribution in [1.29, 1.82) is 0 Å². The van der Waals surface area contributed by atoms with Gasteiger partial charge in [0.1, 0.15) is 11.9 Å². The molecule has 0 aromatic heterocycles. The molecule has 0 N–H and O–H groups in total. The monoisotopic (exact) mass is 264 g/mol. The molecule has 0 spiro atoms. The van der Waals surface area contributed by atoms with Crippen LogP contribution in [0, 0.1) is 11.7 Å². The lowest BCUT2D eigenvalue weighted by Crippen LogP contribution is -2.14. The number of rotatable bonds is 3. The van der Waals surface area contributed by atoms with Gasteiger partial charge in [-0.3, -0.25) is 4.79 Å². The van der Waals surface area contributed by atoms with E-state index in [0.717, 1.165) is 37.0 Å². The van der Waals surface area contributed by atoms with Crippen molar-refractivity contribution in [3.8, 4) is 0 Å². The van der Waals surface area contributed by atoms with E-state index in [-0.39, 0.29) is 23.8 Å². The van der Waals surface area contributed by atoms with E-state index in [4.69, 9.17) is 9.47 Å². The molecule has 0 amide bonds. The second kappa shape index (κ2) is 5.29. The van der Waals surface area contributed by atoms with Crippen LogP contribution < -0.4 is 0 Å². The van der Waals surface area contributed by atoms with Crippen LogP contribution in [0.3, 0.4) is 0 Å². The average Bonchev–Trinajstić information content (AvgIpc) is 3.00. The maximum atomic E-state index is 13.2. The van der Waals surface area contributed by atoms with Crippen LogP contribution in [-0.2, 0) is 20.7 Å². The van der Waals surface area contributed by atoms with Crippen molar-refractivity contribution in [2.45, 2.75) is 31.8 Å². The van der Waals surface area contributed by atoms with E-state index in [9.17, 15) is 9.18 Å². The third-order valence-electron chi connectivity index (χ3n) is 3.88. The van der Waals surface area contributed by atoms with Gasteiger partial charge in [-0.1, -0.05) is 6.07 Å². The minimum atomic E-state index is -0.277. The highest BCUT2D eigenvalue weighted by Crippen LogP contribution is 2.35. The number of carbonyl (C=O) groups is 1. The van der Waals surface area contributed by atoms with Crippen molar-refractivity contribution in [1.82, 2.24) is 0 Å². The fourth-order valence-electron chi connectivity index (χ4n) is 2.84. The Balaban J connectivity index is 1.62. The SMILES string of the molecule is O=C(C[C@@H]1CCOC1)O[C@H]1CCc2ccc(F)cc21. The van der Waals surface area contributed by atoms with Gasteiger partial charge in [0, 0.05) is 6.61 Å². The first-order valence-corrected chi connectivity index (χ1v) is 6.78. The Labute approximate surface area is 111 Å². The second-order valence-corrected chi connectivity index (χ2v) is 5.29. The number of halogens is 1. The number of hydrogen-bond donors (Lipinski definition) is 0. The fraction of sp³-hybridized carbons (Fsp3) is 0.533. The zero-order valence-electron chi connectivity index (χ0n) is 10.7. The van der Waals surface area contributed by atoms with Gasteiger partial charge in [-0.2, -0.15) is 0 Å². The Morgan fingerprint density at radius 1 is 1.42 bits per heavy atom. The van der Waals surface area contributed by atoms with Gasteiger partial charge in [0.2, 0.25) is 0 Å². The highest BCUT2D eigenvalue weighted by molar-refractivity contribution is 5.70. The number of carbonyl (C=O) groups excluding carboxylic acids is 1. The van der Waals surface area contributed by atoms with E-state index in [1.807, 2.05) is 0 Å². The van der Waals surface area contributed by atoms with E-state index in [2.05, 4.69) is 0 Å². The standard InChI is InChI=1S/C15H17FO3/c16-12-3-1-11-2-4-14(13(11)8-12)19-15(17)7-10-5-6-18-9-10/h1,3,8,10,14H,2,4-7,9H2/t10-,14-/m0/s1. The molecule has 0 saturated carbocycles. The van der Waals surface area contributed by atoms with Crippen molar-refractivity contribution < 1.29 is 18.7 Å². The average molecular weight is 264 g/mol. The van der Waals surface area contributed by atoms with Crippen LogP contribution in [0.4, 0.5) is 4.39 Å². The summed E-state index contributed by atoms with van der Waals surface area (Å²) in [5.41, 5.74) is 1.92. The normalized spacial score (nSPS) is 25.3. The Bertz CT molecular complexity index is 480. The van der Waals surface area contributed by atoms with Gasteiger partial charge in [-0.15, -0.1) is 0 Å². The minimum absolute atomic E-state index is 0.197. The third kappa shape index (κ3) is 2.78. The molecule has 3 nitrogen and oxygen atoms in total. The van der Waals surface area contributed by atoms with Gasteiger partial charge in [0.05, 0.1) is 13.0 Å². The molecule has 1 aromatic rings. The smallest absolute Gasteiger partial charge is 0.306 e. The van der Waals surface area contributed by atoms with Crippen LogP contribution in [0.25, 0.3) is 0 Å². The molecular formula is C15H17FO3. The van der Waals surface area contributed by atoms with E-state index >= 15 is 0 Å². The largest absolute Gasteiger partial charge is 0.457 e. The lowest BCUT2D eigenvalue weighted by atomic mass is 10.1. The van der Waals surface area contributed by atoms with Gasteiger partial charge in [0.15, 0.2) is 0 Å². The van der Waals surface area contributed by atoms with Crippen molar-refractivity contribution in [3.05, 3.63) is 35.1 Å². The Morgan fingerprint density at radius 3 is 3.11 bits per heavy atom. The molecule has 1 saturated heterocycles. The number of ether oxygens (including phenoxy) is 2. The first-order chi connectivity index (χ1) is 9.22. The first kappa shape index (κ1) is 12.6. The maximum absolute atomic E-state index is 13.2. The summed E-state index contributed by atoms with van der Waals surface area (Å²) in [6.45, 7) is 1.38. The first-order valence-electron chi connectivity index (χ1n) is 6.78. The van der Waals surface area contributed by atoms with Crippen LogP contribution in [-0.4, -0.2) is 19.2 Å². The highest BCUT2D eigenvalue weighted by atomic mass is 19.1. The third-order valence-corrected chi connectivity index (χ3v) is 3.88. The Hall–Kier alpha value is -1.42. The van der Waals surface area contributed by atoms with E-state index in [0.29, 0.717) is 13.0 Å². The molecule has 4 heteroatoms. The van der Waals surface area contributed by atoms with Crippen LogP contribution >= 0.6 is 0 Å². The van der Waals surface area contributed by atoms with E-state index in [1.54, 1.807) is 6.07 Å². The summed E-state index contributed by atoms with van der Waals surface area (Å²) in [6, 6.07) is 4.72. The fourth-order valence-corrected chi connectivity index (χ4v) is 2.84. The van der Waals surface area contributed by atoms with E-state index < -0.39 is 0 Å². The molecule has 102 valence electrons. The topological polar surface area (TPSA) is 35.5 Å². The van der Waals surface area contributed by atoms with Crippen LogP contribution in [0.2, 0.25) is 0 Å². The molecule has 0 bridgehead atoms. The zero-order chi connectivity index (χ0) is 13.2. The molecule has 0 radical (unpaired) electrons. The summed E-state index contributed by atoms with van der Waals surface area (Å²) in [5.74, 6) is -0.190. The zero-order valence-corrected chi connectivity index (χ0v) is 10.7. The minimum Gasteiger partial charge on any atom is -0.457 e. The molecule has 1 heterocycles. The number of fused-ring (bicyclic) bond motifs is 1. The molecule has 1 aliphatic heterocycles. The lowest BCUT2D eigenvalue weighted by molar-refractivity contribution is -0.150. The number of esters is 1. The number of benzene rings is 1. The predicted molar refractivity (Wildman–Crippen MR) is 67.1 cm³/mol. The Morgan fingerprint density at radius 2 is 2.32 bits per heavy atom. The van der Waals surface area contributed by atoms with Gasteiger partial charge in [0.25, 0.3) is 0 Å². The second-order valence-electron chi connectivity index (χ2n) is 5.29. The van der Waals surface area contributed by atoms with Gasteiger partial charge < -0.3 is 9.47 Å². The summed E-state index contributed by atoms with van der Waals surface area (Å²) in [5, 5.41) is 0. The summed E-state index contributed by atoms with van der Waals surface area (Å²) >= 11 is 0. The van der Waals surface area contributed by atoms with Crippen LogP contribution in [0.15, 0.2) is 18.2 Å². The summed E-state index contributed by atoms with van der Waals surface area (Å²) in [4.78, 5) is 11.9. The molecule has 19 heavy (non-hydrogen) atoms. The van der Waals surface area contributed by atoms with Crippen LogP contribution in [0.5, 0.6) is 0 Å². The van der Waals surface area contributed by atoms with E-state index in [1.165, 1.54) is 12.1 Å². The Kier molecular flexibility index (Phi) is 3.51. The lowest BCUT2D eigenvalue weighted by Gasteiger charge is -2.15. The van der Waals surface area contributed by atoms with Gasteiger partial charge in [-0.25, -0.2) is 4.39 Å². The highest BCUT2D eigenvalue weighted by Gasteiger charge is 2.28. The summed E-state index contributed by atoms with van der Waals surface area (Å²) in [6.07, 6.45) is 2.65. The molecule has 1 aliphatic carbocycles. The predicted octanol–water partition coefficient (Wildman–Crippen LogP) is 2.78. The van der Waals surface area contributed by atoms with Crippen molar-refractivity contribution in [2.24, 2.45) is 5.92 Å². The molecular weight excluding hydrogens is 247 g/mol. The molecule has 1 aromatic carbocycles. The molecule has 1 fully saturated rings. The van der Waals surface area contributed by atoms with Gasteiger partial charge in [-0.05, 0) is 48.4 Å². The van der Waals surface area contributed by atoms with Crippen molar-refractivity contribution >= 4 is 5.97 Å². The summed E-state index contributed by atoms with van der Waals surface area (Å²) < 4.78 is 24.0. The van der Waals surface area contributed by atoms with Gasteiger partial charge >= 0.3 is 5.97 Å². The molecule has 2 aliphatic rings. The quantitative estimate of drug-likeness (QED) is 0.787. The molecule has 3 rings (SSSR count). The number of aryl methyl sites for hydroxylation is 1. The van der Waals surface area contributed by atoms with Crippen molar-refractivity contribution in [2.75, 3.05) is 13.2 Å². The molecule has 0 unspecified atom stereocenters.